The van der Waals surface area contributed by atoms with Crippen LogP contribution in [0.1, 0.15) is 12.8 Å². The number of anilines is 2. The molecule has 114 valence electrons. The fraction of sp³-hybridized carbons (Fsp3) is 0.571. The fourth-order valence-electron chi connectivity index (χ4n) is 2.35. The largest absolute Gasteiger partial charge is 0.396 e. The third-order valence-corrected chi connectivity index (χ3v) is 4.36. The van der Waals surface area contributed by atoms with Crippen LogP contribution in [0, 0.1) is 0 Å². The average Bonchev–Trinajstić information content (AvgIpc) is 3.00. The summed E-state index contributed by atoms with van der Waals surface area (Å²) in [5.74, 6) is 1.67. The quantitative estimate of drug-likeness (QED) is 0.792. The normalized spacial score (nSPS) is 15.6. The van der Waals surface area contributed by atoms with E-state index in [2.05, 4.69) is 20.6 Å². The summed E-state index contributed by atoms with van der Waals surface area (Å²) in [4.78, 5) is 11.5. The maximum atomic E-state index is 8.82. The molecule has 2 aromatic heterocycles. The van der Waals surface area contributed by atoms with Crippen LogP contribution in [0.3, 0.4) is 0 Å². The predicted molar refractivity (Wildman–Crippen MR) is 85.3 cm³/mol. The molecule has 0 spiro atoms. The maximum Gasteiger partial charge on any atom is 0.225 e. The van der Waals surface area contributed by atoms with Crippen LogP contribution in [-0.2, 0) is 4.74 Å². The molecule has 3 heterocycles. The van der Waals surface area contributed by atoms with Crippen LogP contribution in [0.4, 0.5) is 11.8 Å². The van der Waals surface area contributed by atoms with Crippen LogP contribution in [0.25, 0.3) is 10.2 Å². The van der Waals surface area contributed by atoms with Gasteiger partial charge in [-0.2, -0.15) is 4.98 Å². The van der Waals surface area contributed by atoms with Crippen molar-refractivity contribution in [1.82, 2.24) is 9.97 Å². The Morgan fingerprint density at radius 2 is 2.14 bits per heavy atom. The minimum Gasteiger partial charge on any atom is -0.396 e. The number of aromatic nitrogens is 2. The Kier molecular flexibility index (Phi) is 4.84. The van der Waals surface area contributed by atoms with Crippen molar-refractivity contribution in [3.8, 4) is 0 Å². The summed E-state index contributed by atoms with van der Waals surface area (Å²) >= 11 is 1.68. The first-order valence-corrected chi connectivity index (χ1v) is 8.19. The molecule has 2 aromatic rings. The number of aliphatic hydroxyl groups excluding tert-OH is 1. The van der Waals surface area contributed by atoms with Gasteiger partial charge < -0.3 is 20.1 Å². The van der Waals surface area contributed by atoms with Crippen LogP contribution in [0.15, 0.2) is 11.4 Å². The van der Waals surface area contributed by atoms with Crippen LogP contribution >= 0.6 is 11.3 Å². The molecule has 3 rings (SSSR count). The van der Waals surface area contributed by atoms with Gasteiger partial charge in [0.15, 0.2) is 5.82 Å². The van der Waals surface area contributed by atoms with Gasteiger partial charge in [-0.05, 0) is 24.3 Å². The molecule has 7 heteroatoms. The van der Waals surface area contributed by atoms with E-state index in [1.165, 1.54) is 0 Å². The van der Waals surface area contributed by atoms with E-state index in [1.807, 2.05) is 6.07 Å². The minimum atomic E-state index is 0.227. The Bertz CT molecular complexity index is 583. The fourth-order valence-corrected chi connectivity index (χ4v) is 3.20. The first kappa shape index (κ1) is 14.5. The zero-order valence-electron chi connectivity index (χ0n) is 11.9. The Morgan fingerprint density at radius 3 is 2.95 bits per heavy atom. The van der Waals surface area contributed by atoms with E-state index in [1.54, 1.807) is 11.3 Å². The molecule has 21 heavy (non-hydrogen) atoms. The number of aliphatic hydroxyl groups is 1. The zero-order chi connectivity index (χ0) is 14.5. The second-order valence-electron chi connectivity index (χ2n) is 4.96. The van der Waals surface area contributed by atoms with E-state index in [0.29, 0.717) is 5.95 Å². The highest BCUT2D eigenvalue weighted by Crippen LogP contribution is 2.30. The van der Waals surface area contributed by atoms with Crippen LogP contribution in [0.5, 0.6) is 0 Å². The number of morpholine rings is 1. The predicted octanol–water partition coefficient (Wildman–Crippen LogP) is 1.71. The number of nitrogens with zero attached hydrogens (tertiary/aromatic N) is 3. The average molecular weight is 308 g/mol. The molecular weight excluding hydrogens is 288 g/mol. The van der Waals surface area contributed by atoms with Crippen molar-refractivity contribution >= 4 is 33.3 Å². The standard InChI is InChI=1S/C14H20N4O2S/c19-7-2-1-4-15-14-16-11-3-10-21-12(11)13(17-14)18-5-8-20-9-6-18/h3,10,19H,1-2,4-9H2,(H,15,16,17). The molecule has 1 aliphatic rings. The summed E-state index contributed by atoms with van der Waals surface area (Å²) < 4.78 is 6.55. The molecule has 0 aromatic carbocycles. The van der Waals surface area contributed by atoms with Gasteiger partial charge in [0.1, 0.15) is 0 Å². The Balaban J connectivity index is 1.81. The number of rotatable bonds is 6. The van der Waals surface area contributed by atoms with E-state index in [4.69, 9.17) is 14.8 Å². The molecule has 0 radical (unpaired) electrons. The van der Waals surface area contributed by atoms with E-state index >= 15 is 0 Å². The van der Waals surface area contributed by atoms with Gasteiger partial charge in [-0.3, -0.25) is 0 Å². The highest BCUT2D eigenvalue weighted by molar-refractivity contribution is 7.17. The molecular formula is C14H20N4O2S. The number of nitrogens with one attached hydrogen (secondary N) is 1. The third-order valence-electron chi connectivity index (χ3n) is 3.46. The van der Waals surface area contributed by atoms with Gasteiger partial charge in [-0.1, -0.05) is 0 Å². The monoisotopic (exact) mass is 308 g/mol. The van der Waals surface area contributed by atoms with Gasteiger partial charge in [-0.25, -0.2) is 4.98 Å². The number of ether oxygens (including phenoxy) is 1. The summed E-state index contributed by atoms with van der Waals surface area (Å²) in [5, 5.41) is 14.1. The minimum absolute atomic E-state index is 0.227. The van der Waals surface area contributed by atoms with Crippen molar-refractivity contribution in [2.24, 2.45) is 0 Å². The van der Waals surface area contributed by atoms with Crippen molar-refractivity contribution in [3.63, 3.8) is 0 Å². The molecule has 1 fully saturated rings. The summed E-state index contributed by atoms with van der Waals surface area (Å²) in [5.41, 5.74) is 0.987. The van der Waals surface area contributed by atoms with Crippen molar-refractivity contribution in [2.75, 3.05) is 49.7 Å². The van der Waals surface area contributed by atoms with Gasteiger partial charge >= 0.3 is 0 Å². The molecule has 0 aliphatic carbocycles. The highest BCUT2D eigenvalue weighted by atomic mass is 32.1. The summed E-state index contributed by atoms with van der Waals surface area (Å²) in [7, 11) is 0. The zero-order valence-corrected chi connectivity index (χ0v) is 12.7. The highest BCUT2D eigenvalue weighted by Gasteiger charge is 2.18. The molecule has 2 N–H and O–H groups in total. The lowest BCUT2D eigenvalue weighted by Gasteiger charge is -2.28. The molecule has 1 aliphatic heterocycles. The second kappa shape index (κ2) is 7.02. The lowest BCUT2D eigenvalue weighted by molar-refractivity contribution is 0.122. The number of hydrogen-bond acceptors (Lipinski definition) is 7. The molecule has 0 bridgehead atoms. The van der Waals surface area contributed by atoms with Crippen molar-refractivity contribution < 1.29 is 9.84 Å². The summed E-state index contributed by atoms with van der Waals surface area (Å²) in [6, 6.07) is 2.03. The third kappa shape index (κ3) is 3.42. The van der Waals surface area contributed by atoms with E-state index in [-0.39, 0.29) is 6.61 Å². The van der Waals surface area contributed by atoms with Crippen molar-refractivity contribution in [2.45, 2.75) is 12.8 Å². The smallest absolute Gasteiger partial charge is 0.225 e. The van der Waals surface area contributed by atoms with Gasteiger partial charge in [0, 0.05) is 26.2 Å². The molecule has 6 nitrogen and oxygen atoms in total. The van der Waals surface area contributed by atoms with E-state index in [0.717, 1.165) is 61.7 Å². The lowest BCUT2D eigenvalue weighted by Crippen LogP contribution is -2.37. The van der Waals surface area contributed by atoms with Gasteiger partial charge in [-0.15, -0.1) is 11.3 Å². The van der Waals surface area contributed by atoms with Crippen LogP contribution in [-0.4, -0.2) is 54.5 Å². The Morgan fingerprint density at radius 1 is 1.29 bits per heavy atom. The SMILES string of the molecule is OCCCCNc1nc(N2CCOCC2)c2sccc2n1. The Labute approximate surface area is 127 Å². The number of hydrogen-bond donors (Lipinski definition) is 2. The van der Waals surface area contributed by atoms with Gasteiger partial charge in [0.25, 0.3) is 0 Å². The number of unbranched alkanes of at least 4 members (excludes halogenated alkanes) is 1. The van der Waals surface area contributed by atoms with Gasteiger partial charge in [0.2, 0.25) is 5.95 Å². The first-order chi connectivity index (χ1) is 10.4. The molecule has 0 saturated carbocycles. The second-order valence-corrected chi connectivity index (χ2v) is 5.88. The summed E-state index contributed by atoms with van der Waals surface area (Å²) in [6.45, 7) is 4.23. The van der Waals surface area contributed by atoms with Crippen LogP contribution in [0.2, 0.25) is 0 Å². The van der Waals surface area contributed by atoms with Crippen LogP contribution < -0.4 is 10.2 Å². The van der Waals surface area contributed by atoms with Gasteiger partial charge in [0.05, 0.1) is 23.4 Å². The summed E-state index contributed by atoms with van der Waals surface area (Å²) in [6.07, 6.45) is 1.71. The number of thiophene rings is 1. The molecule has 0 unspecified atom stereocenters. The van der Waals surface area contributed by atoms with Crippen molar-refractivity contribution in [3.05, 3.63) is 11.4 Å². The number of fused-ring (bicyclic) bond motifs is 1. The topological polar surface area (TPSA) is 70.5 Å². The molecule has 1 saturated heterocycles. The van der Waals surface area contributed by atoms with E-state index in [9.17, 15) is 0 Å². The molecule has 0 atom stereocenters. The van der Waals surface area contributed by atoms with Crippen molar-refractivity contribution in [1.29, 1.82) is 0 Å². The Hall–Kier alpha value is -1.44. The van der Waals surface area contributed by atoms with E-state index < -0.39 is 0 Å². The maximum absolute atomic E-state index is 8.82. The lowest BCUT2D eigenvalue weighted by atomic mass is 10.3. The molecule has 0 amide bonds. The first-order valence-electron chi connectivity index (χ1n) is 7.31.